The summed E-state index contributed by atoms with van der Waals surface area (Å²) >= 11 is 6.63. The monoisotopic (exact) mass is 384 g/mol. The van der Waals surface area contributed by atoms with Crippen molar-refractivity contribution in [3.05, 3.63) is 60.2 Å². The van der Waals surface area contributed by atoms with Crippen LogP contribution < -0.4 is 10.2 Å². The van der Waals surface area contributed by atoms with Crippen LogP contribution in [0.25, 0.3) is 0 Å². The lowest BCUT2D eigenvalue weighted by atomic mass is 10.0. The predicted molar refractivity (Wildman–Crippen MR) is 112 cm³/mol. The smallest absolute Gasteiger partial charge is 0.238 e. The SMILES string of the molecule is CC(C)c1ccc(NC(=O)[C@@H]2CC(=O)N(c3ccccc3)C(=S)S2)cc1. The summed E-state index contributed by atoms with van der Waals surface area (Å²) in [5.41, 5.74) is 2.67. The number of carbonyl (C=O) groups excluding carboxylic acids is 2. The van der Waals surface area contributed by atoms with Crippen molar-refractivity contribution >= 4 is 51.5 Å². The Balaban J connectivity index is 1.66. The maximum absolute atomic E-state index is 12.6. The third kappa shape index (κ3) is 4.14. The molecule has 134 valence electrons. The van der Waals surface area contributed by atoms with Gasteiger partial charge >= 0.3 is 0 Å². The number of hydrogen-bond acceptors (Lipinski definition) is 4. The summed E-state index contributed by atoms with van der Waals surface area (Å²) in [5.74, 6) is 0.0820. The van der Waals surface area contributed by atoms with Crippen LogP contribution in [0.15, 0.2) is 54.6 Å². The van der Waals surface area contributed by atoms with Crippen molar-refractivity contribution in [2.45, 2.75) is 31.4 Å². The Hall–Kier alpha value is -2.18. The van der Waals surface area contributed by atoms with E-state index < -0.39 is 5.25 Å². The lowest BCUT2D eigenvalue weighted by molar-refractivity contribution is -0.121. The van der Waals surface area contributed by atoms with Crippen molar-refractivity contribution in [2.24, 2.45) is 0 Å². The molecule has 2 aromatic carbocycles. The van der Waals surface area contributed by atoms with E-state index in [9.17, 15) is 9.59 Å². The molecule has 26 heavy (non-hydrogen) atoms. The molecule has 1 aliphatic rings. The van der Waals surface area contributed by atoms with E-state index in [1.807, 2.05) is 54.6 Å². The minimum Gasteiger partial charge on any atom is -0.325 e. The van der Waals surface area contributed by atoms with Crippen molar-refractivity contribution < 1.29 is 9.59 Å². The average Bonchev–Trinajstić information content (AvgIpc) is 2.62. The number of thioether (sulfide) groups is 1. The number of carbonyl (C=O) groups is 2. The van der Waals surface area contributed by atoms with E-state index in [4.69, 9.17) is 12.2 Å². The standard InChI is InChI=1S/C20H20N2O2S2/c1-13(2)14-8-10-15(11-9-14)21-19(24)17-12-18(23)22(20(25)26-17)16-6-4-3-5-7-16/h3-11,13,17H,12H2,1-2H3,(H,21,24)/t17-/m0/s1. The Morgan fingerprint density at radius 2 is 1.81 bits per heavy atom. The van der Waals surface area contributed by atoms with E-state index in [1.165, 1.54) is 22.2 Å². The Bertz CT molecular complexity index is 801. The van der Waals surface area contributed by atoms with Crippen LogP contribution in [0.4, 0.5) is 11.4 Å². The van der Waals surface area contributed by atoms with E-state index in [-0.39, 0.29) is 18.2 Å². The highest BCUT2D eigenvalue weighted by atomic mass is 32.2. The van der Waals surface area contributed by atoms with E-state index in [0.29, 0.717) is 10.2 Å². The first-order valence-electron chi connectivity index (χ1n) is 8.45. The largest absolute Gasteiger partial charge is 0.325 e. The molecule has 0 radical (unpaired) electrons. The van der Waals surface area contributed by atoms with Gasteiger partial charge in [-0.15, -0.1) is 0 Å². The molecule has 1 heterocycles. The molecule has 1 atom stereocenters. The molecule has 1 aliphatic heterocycles. The number of hydrogen-bond donors (Lipinski definition) is 1. The molecule has 1 saturated heterocycles. The molecule has 1 fully saturated rings. The fourth-order valence-electron chi connectivity index (χ4n) is 2.71. The molecular formula is C20H20N2O2S2. The normalized spacial score (nSPS) is 17.5. The van der Waals surface area contributed by atoms with Crippen molar-refractivity contribution in [3.63, 3.8) is 0 Å². The minimum absolute atomic E-state index is 0.121. The zero-order valence-corrected chi connectivity index (χ0v) is 16.3. The molecule has 0 aliphatic carbocycles. The van der Waals surface area contributed by atoms with Gasteiger partial charge in [0.1, 0.15) is 4.32 Å². The predicted octanol–water partition coefficient (Wildman–Crippen LogP) is 4.57. The molecule has 0 bridgehead atoms. The average molecular weight is 385 g/mol. The zero-order valence-electron chi connectivity index (χ0n) is 14.6. The van der Waals surface area contributed by atoms with Crippen molar-refractivity contribution in [1.82, 2.24) is 0 Å². The van der Waals surface area contributed by atoms with Gasteiger partial charge in [-0.1, -0.05) is 68.2 Å². The zero-order chi connectivity index (χ0) is 18.7. The number of nitrogens with one attached hydrogen (secondary N) is 1. The highest BCUT2D eigenvalue weighted by Gasteiger charge is 2.35. The minimum atomic E-state index is -0.514. The second-order valence-corrected chi connectivity index (χ2v) is 8.24. The van der Waals surface area contributed by atoms with Crippen molar-refractivity contribution in [3.8, 4) is 0 Å². The Morgan fingerprint density at radius 1 is 1.15 bits per heavy atom. The third-order valence-electron chi connectivity index (χ3n) is 4.19. The van der Waals surface area contributed by atoms with Crippen molar-refractivity contribution in [1.29, 1.82) is 0 Å². The molecule has 0 aromatic heterocycles. The summed E-state index contributed by atoms with van der Waals surface area (Å²) in [6, 6.07) is 17.0. The number of rotatable bonds is 4. The van der Waals surface area contributed by atoms with Crippen molar-refractivity contribution in [2.75, 3.05) is 10.2 Å². The number of nitrogens with zero attached hydrogens (tertiary/aromatic N) is 1. The molecule has 0 unspecified atom stereocenters. The Kier molecular flexibility index (Phi) is 5.74. The van der Waals surface area contributed by atoms with Crippen LogP contribution >= 0.6 is 24.0 Å². The lowest BCUT2D eigenvalue weighted by Gasteiger charge is -2.31. The highest BCUT2D eigenvalue weighted by molar-refractivity contribution is 8.24. The summed E-state index contributed by atoms with van der Waals surface area (Å²) in [6.07, 6.45) is 0.121. The van der Waals surface area contributed by atoms with E-state index in [2.05, 4.69) is 19.2 Å². The fourth-order valence-corrected chi connectivity index (χ4v) is 4.22. The van der Waals surface area contributed by atoms with Crippen LogP contribution in [0, 0.1) is 0 Å². The van der Waals surface area contributed by atoms with Gasteiger partial charge in [-0.2, -0.15) is 0 Å². The summed E-state index contributed by atoms with van der Waals surface area (Å²) in [5, 5.41) is 2.37. The molecule has 6 heteroatoms. The van der Waals surface area contributed by atoms with Gasteiger partial charge in [-0.3, -0.25) is 14.5 Å². The lowest BCUT2D eigenvalue weighted by Crippen LogP contribution is -2.44. The van der Waals surface area contributed by atoms with Crippen LogP contribution in [0.5, 0.6) is 0 Å². The number of amides is 2. The summed E-state index contributed by atoms with van der Waals surface area (Å²) < 4.78 is 0.405. The third-order valence-corrected chi connectivity index (χ3v) is 5.71. The Labute approximate surface area is 163 Å². The topological polar surface area (TPSA) is 49.4 Å². The van der Waals surface area contributed by atoms with Crippen LogP contribution in [0.1, 0.15) is 31.7 Å². The molecule has 2 amide bonds. The van der Waals surface area contributed by atoms with Crippen LogP contribution in [0.3, 0.4) is 0 Å². The maximum atomic E-state index is 12.6. The summed E-state index contributed by atoms with van der Waals surface area (Å²) in [7, 11) is 0. The maximum Gasteiger partial charge on any atom is 0.238 e. The van der Waals surface area contributed by atoms with Gasteiger partial charge in [-0.05, 0) is 35.7 Å². The first-order chi connectivity index (χ1) is 12.5. The number of thiocarbonyl (C=S) groups is 1. The summed E-state index contributed by atoms with van der Waals surface area (Å²) in [6.45, 7) is 4.24. The van der Waals surface area contributed by atoms with Gasteiger partial charge in [0.05, 0.1) is 10.9 Å². The second-order valence-electron chi connectivity index (χ2n) is 6.41. The van der Waals surface area contributed by atoms with Crippen LogP contribution in [0.2, 0.25) is 0 Å². The molecular weight excluding hydrogens is 364 g/mol. The molecule has 0 spiro atoms. The van der Waals surface area contributed by atoms with Gasteiger partial charge in [0.25, 0.3) is 0 Å². The molecule has 0 saturated carbocycles. The number of anilines is 2. The second kappa shape index (κ2) is 8.01. The van der Waals surface area contributed by atoms with Gasteiger partial charge < -0.3 is 5.32 Å². The van der Waals surface area contributed by atoms with E-state index in [0.717, 1.165) is 11.4 Å². The molecule has 2 aromatic rings. The van der Waals surface area contributed by atoms with Crippen LogP contribution in [-0.2, 0) is 9.59 Å². The van der Waals surface area contributed by atoms with Gasteiger partial charge in [0.15, 0.2) is 0 Å². The Morgan fingerprint density at radius 3 is 2.38 bits per heavy atom. The first-order valence-corrected chi connectivity index (χ1v) is 9.74. The molecule has 4 nitrogen and oxygen atoms in total. The van der Waals surface area contributed by atoms with E-state index >= 15 is 0 Å². The number of benzene rings is 2. The molecule has 1 N–H and O–H groups in total. The van der Waals surface area contributed by atoms with Gasteiger partial charge in [-0.25, -0.2) is 0 Å². The van der Waals surface area contributed by atoms with E-state index in [1.54, 1.807) is 0 Å². The van der Waals surface area contributed by atoms with Gasteiger partial charge in [0, 0.05) is 12.1 Å². The fraction of sp³-hybridized carbons (Fsp3) is 0.250. The molecule has 3 rings (SSSR count). The first kappa shape index (κ1) is 18.6. The quantitative estimate of drug-likeness (QED) is 0.785. The summed E-state index contributed by atoms with van der Waals surface area (Å²) in [4.78, 5) is 26.6. The number of para-hydroxylation sites is 1. The van der Waals surface area contributed by atoms with Crippen LogP contribution in [-0.4, -0.2) is 21.4 Å². The highest BCUT2D eigenvalue weighted by Crippen LogP contribution is 2.31. The van der Waals surface area contributed by atoms with Gasteiger partial charge in [0.2, 0.25) is 11.8 Å².